The molecule has 104 valence electrons. The van der Waals surface area contributed by atoms with Crippen molar-refractivity contribution >= 4 is 11.6 Å². The molecule has 0 saturated heterocycles. The van der Waals surface area contributed by atoms with Crippen LogP contribution in [0.5, 0.6) is 0 Å². The molecule has 0 bridgehead atoms. The van der Waals surface area contributed by atoms with E-state index in [1.54, 1.807) is 6.92 Å². The van der Waals surface area contributed by atoms with Crippen molar-refractivity contribution in [3.05, 3.63) is 29.8 Å². The summed E-state index contributed by atoms with van der Waals surface area (Å²) in [6.45, 7) is 10.3. The monoisotopic (exact) mass is 261 g/mol. The predicted molar refractivity (Wildman–Crippen MR) is 76.8 cm³/mol. The van der Waals surface area contributed by atoms with Gasteiger partial charge in [-0.05, 0) is 35.4 Å². The molecule has 0 aromatic heterocycles. The van der Waals surface area contributed by atoms with E-state index < -0.39 is 6.10 Å². The van der Waals surface area contributed by atoms with E-state index in [0.29, 0.717) is 0 Å². The van der Waals surface area contributed by atoms with E-state index >= 15 is 0 Å². The Bertz CT molecular complexity index is 472. The Kier molecular flexibility index (Phi) is 3.21. The van der Waals surface area contributed by atoms with Gasteiger partial charge in [0, 0.05) is 11.6 Å². The molecule has 1 amide bonds. The first kappa shape index (κ1) is 14.1. The number of amides is 1. The van der Waals surface area contributed by atoms with Crippen molar-refractivity contribution in [2.45, 2.75) is 40.7 Å². The quantitative estimate of drug-likeness (QED) is 0.876. The van der Waals surface area contributed by atoms with E-state index in [-0.39, 0.29) is 22.7 Å². The standard InChI is InChI=1S/C16H23NO2/c1-10(18)11-6-8-12(9-7-11)17-14(19)13-15(2,3)16(13,4)5/h6-10,13,18H,1-5H3,(H,17,19). The van der Waals surface area contributed by atoms with Crippen LogP contribution in [0.1, 0.15) is 46.3 Å². The van der Waals surface area contributed by atoms with Gasteiger partial charge in [0.2, 0.25) is 5.91 Å². The number of hydrogen-bond donors (Lipinski definition) is 2. The van der Waals surface area contributed by atoms with Gasteiger partial charge in [0.15, 0.2) is 0 Å². The molecule has 1 unspecified atom stereocenters. The Morgan fingerprint density at radius 1 is 1.16 bits per heavy atom. The average Bonchev–Trinajstić information content (AvgIpc) is 2.69. The molecule has 1 aliphatic carbocycles. The minimum absolute atomic E-state index is 0.0522. The van der Waals surface area contributed by atoms with Crippen molar-refractivity contribution in [1.82, 2.24) is 0 Å². The summed E-state index contributed by atoms with van der Waals surface area (Å²) in [5.41, 5.74) is 1.74. The van der Waals surface area contributed by atoms with Gasteiger partial charge >= 0.3 is 0 Å². The van der Waals surface area contributed by atoms with Crippen LogP contribution in [0.4, 0.5) is 5.69 Å². The van der Waals surface area contributed by atoms with Gasteiger partial charge < -0.3 is 10.4 Å². The Hall–Kier alpha value is -1.35. The summed E-state index contributed by atoms with van der Waals surface area (Å²) < 4.78 is 0. The summed E-state index contributed by atoms with van der Waals surface area (Å²) in [6, 6.07) is 7.34. The van der Waals surface area contributed by atoms with Crippen LogP contribution in [0.2, 0.25) is 0 Å². The smallest absolute Gasteiger partial charge is 0.228 e. The maximum Gasteiger partial charge on any atom is 0.228 e. The lowest BCUT2D eigenvalue weighted by atomic mass is 10.0. The van der Waals surface area contributed by atoms with Crippen LogP contribution in [-0.2, 0) is 4.79 Å². The molecule has 1 aliphatic rings. The number of aliphatic hydroxyl groups is 1. The fourth-order valence-corrected chi connectivity index (χ4v) is 2.91. The van der Waals surface area contributed by atoms with E-state index in [4.69, 9.17) is 0 Å². The van der Waals surface area contributed by atoms with Gasteiger partial charge in [-0.25, -0.2) is 0 Å². The lowest BCUT2D eigenvalue weighted by Crippen LogP contribution is -2.17. The minimum Gasteiger partial charge on any atom is -0.389 e. The molecule has 1 atom stereocenters. The zero-order chi connectivity index (χ0) is 14.4. The summed E-state index contributed by atoms with van der Waals surface area (Å²) in [5, 5.41) is 12.4. The summed E-state index contributed by atoms with van der Waals surface area (Å²) in [4.78, 5) is 12.3. The third-order valence-corrected chi connectivity index (χ3v) is 4.94. The number of benzene rings is 1. The SMILES string of the molecule is CC(O)c1ccc(NC(=O)C2C(C)(C)C2(C)C)cc1. The van der Waals surface area contributed by atoms with Crippen molar-refractivity contribution in [2.24, 2.45) is 16.7 Å². The van der Waals surface area contributed by atoms with Gasteiger partial charge in [-0.1, -0.05) is 39.8 Å². The maximum atomic E-state index is 12.3. The Labute approximate surface area is 115 Å². The van der Waals surface area contributed by atoms with Crippen LogP contribution >= 0.6 is 0 Å². The molecule has 2 rings (SSSR count). The number of aliphatic hydroxyl groups excluding tert-OH is 1. The highest BCUT2D eigenvalue weighted by atomic mass is 16.3. The second kappa shape index (κ2) is 4.34. The molecule has 0 spiro atoms. The van der Waals surface area contributed by atoms with Gasteiger partial charge in [0.1, 0.15) is 0 Å². The maximum absolute atomic E-state index is 12.3. The summed E-state index contributed by atoms with van der Waals surface area (Å²) in [5.74, 6) is 0.135. The number of rotatable bonds is 3. The number of carbonyl (C=O) groups excluding carboxylic acids is 1. The van der Waals surface area contributed by atoms with Crippen LogP contribution in [0.3, 0.4) is 0 Å². The fraction of sp³-hybridized carbons (Fsp3) is 0.562. The molecular weight excluding hydrogens is 238 g/mol. The van der Waals surface area contributed by atoms with Gasteiger partial charge in [-0.2, -0.15) is 0 Å². The molecule has 1 aromatic rings. The number of nitrogens with one attached hydrogen (secondary N) is 1. The first-order valence-corrected chi connectivity index (χ1v) is 6.77. The number of anilines is 1. The predicted octanol–water partition coefficient (Wildman–Crippen LogP) is 3.36. The zero-order valence-electron chi connectivity index (χ0n) is 12.3. The van der Waals surface area contributed by atoms with Crippen LogP contribution in [0.15, 0.2) is 24.3 Å². The van der Waals surface area contributed by atoms with E-state index in [2.05, 4.69) is 33.0 Å². The molecule has 19 heavy (non-hydrogen) atoms. The highest BCUT2D eigenvalue weighted by Crippen LogP contribution is 2.68. The second-order valence-electron chi connectivity index (χ2n) is 6.66. The molecule has 0 heterocycles. The van der Waals surface area contributed by atoms with Crippen molar-refractivity contribution < 1.29 is 9.90 Å². The summed E-state index contributed by atoms with van der Waals surface area (Å²) in [6.07, 6.45) is -0.481. The van der Waals surface area contributed by atoms with Crippen LogP contribution < -0.4 is 5.32 Å². The van der Waals surface area contributed by atoms with Crippen molar-refractivity contribution in [1.29, 1.82) is 0 Å². The molecule has 1 saturated carbocycles. The van der Waals surface area contributed by atoms with E-state index in [1.165, 1.54) is 0 Å². The number of carbonyl (C=O) groups is 1. The first-order valence-electron chi connectivity index (χ1n) is 6.77. The lowest BCUT2D eigenvalue weighted by molar-refractivity contribution is -0.118. The van der Waals surface area contributed by atoms with Gasteiger partial charge in [-0.3, -0.25) is 4.79 Å². The van der Waals surface area contributed by atoms with E-state index in [0.717, 1.165) is 11.3 Å². The van der Waals surface area contributed by atoms with Gasteiger partial charge in [0.25, 0.3) is 0 Å². The fourth-order valence-electron chi connectivity index (χ4n) is 2.91. The van der Waals surface area contributed by atoms with Crippen LogP contribution in [0, 0.1) is 16.7 Å². The third kappa shape index (κ3) is 2.27. The minimum atomic E-state index is -0.481. The average molecular weight is 261 g/mol. The molecule has 1 aromatic carbocycles. The van der Waals surface area contributed by atoms with Crippen molar-refractivity contribution in [3.63, 3.8) is 0 Å². The molecule has 2 N–H and O–H groups in total. The Balaban J connectivity index is 2.05. The molecule has 0 aliphatic heterocycles. The van der Waals surface area contributed by atoms with Crippen molar-refractivity contribution in [2.75, 3.05) is 5.32 Å². The summed E-state index contributed by atoms with van der Waals surface area (Å²) >= 11 is 0. The lowest BCUT2D eigenvalue weighted by Gasteiger charge is -2.09. The highest BCUT2D eigenvalue weighted by molar-refractivity contribution is 5.96. The summed E-state index contributed by atoms with van der Waals surface area (Å²) in [7, 11) is 0. The number of hydrogen-bond acceptors (Lipinski definition) is 2. The van der Waals surface area contributed by atoms with Gasteiger partial charge in [-0.15, -0.1) is 0 Å². The first-order chi connectivity index (χ1) is 8.68. The highest BCUT2D eigenvalue weighted by Gasteiger charge is 2.68. The molecule has 3 nitrogen and oxygen atoms in total. The Morgan fingerprint density at radius 3 is 2.00 bits per heavy atom. The molecule has 1 fully saturated rings. The van der Waals surface area contributed by atoms with Gasteiger partial charge in [0.05, 0.1) is 6.10 Å². The second-order valence-corrected chi connectivity index (χ2v) is 6.66. The van der Waals surface area contributed by atoms with Crippen molar-refractivity contribution in [3.8, 4) is 0 Å². The molecule has 0 radical (unpaired) electrons. The largest absolute Gasteiger partial charge is 0.389 e. The topological polar surface area (TPSA) is 49.3 Å². The molecular formula is C16H23NO2. The van der Waals surface area contributed by atoms with Crippen LogP contribution in [0.25, 0.3) is 0 Å². The normalized spacial score (nSPS) is 21.8. The Morgan fingerprint density at radius 2 is 1.63 bits per heavy atom. The van der Waals surface area contributed by atoms with E-state index in [1.807, 2.05) is 24.3 Å². The molecule has 3 heteroatoms. The van der Waals surface area contributed by atoms with E-state index in [9.17, 15) is 9.90 Å². The third-order valence-electron chi connectivity index (χ3n) is 4.94. The zero-order valence-corrected chi connectivity index (χ0v) is 12.3. The van der Waals surface area contributed by atoms with Crippen LogP contribution in [-0.4, -0.2) is 11.0 Å².